The Labute approximate surface area is 202 Å². The zero-order chi connectivity index (χ0) is 26.3. The van der Waals surface area contributed by atoms with Crippen LogP contribution in [-0.2, 0) is 4.79 Å². The molecule has 2 aromatic rings. The first-order valence-electron chi connectivity index (χ1n) is 9.68. The molecule has 0 unspecified atom stereocenters. The number of hydrogen-bond acceptors (Lipinski definition) is 10. The number of carboxylic acid groups (broad SMARTS) is 1. The lowest BCUT2D eigenvalue weighted by Gasteiger charge is -2.11. The molecule has 1 aliphatic heterocycles. The van der Waals surface area contributed by atoms with Gasteiger partial charge < -0.3 is 25.2 Å². The van der Waals surface area contributed by atoms with Crippen LogP contribution in [0.2, 0.25) is 0 Å². The molecule has 0 aliphatic carbocycles. The van der Waals surface area contributed by atoms with E-state index in [4.69, 9.17) is 26.2 Å². The first kappa shape index (κ1) is 26.8. The summed E-state index contributed by atoms with van der Waals surface area (Å²) < 4.78 is 9.69. The van der Waals surface area contributed by atoms with Gasteiger partial charge in [-0.3, -0.25) is 29.8 Å². The molecule has 0 atom stereocenters. The van der Waals surface area contributed by atoms with Gasteiger partial charge in [-0.2, -0.15) is 0 Å². The van der Waals surface area contributed by atoms with Gasteiger partial charge in [0.15, 0.2) is 11.5 Å². The Morgan fingerprint density at radius 1 is 1.06 bits per heavy atom. The molecule has 1 aliphatic rings. The van der Waals surface area contributed by atoms with Crippen LogP contribution in [0.4, 0.5) is 22.7 Å². The number of benzene rings is 2. The Morgan fingerprint density at radius 2 is 1.63 bits per heavy atom. The van der Waals surface area contributed by atoms with E-state index >= 15 is 0 Å². The van der Waals surface area contributed by atoms with Gasteiger partial charge in [0.25, 0.3) is 11.7 Å². The van der Waals surface area contributed by atoms with Crippen LogP contribution in [0, 0.1) is 20.2 Å². The quantitative estimate of drug-likeness (QED) is 0.147. The molecule has 35 heavy (non-hydrogen) atoms. The standard InChI is InChI=1S/C11H13ClN2O5.C9H6N2O5/c1-19-8-4-3-7(11(15)16)9(10(8)14(17)18)13-6-2-5-12;1-16-5-3-2-4-6(7(5)11(14)15)10-9(13)8(4)12/h3-4,13H,2,5-6H2,1H3,(H,15,16);2-3H,1H3,(H,10,12,13). The van der Waals surface area contributed by atoms with Crippen LogP contribution < -0.4 is 20.1 Å². The van der Waals surface area contributed by atoms with Gasteiger partial charge in [-0.05, 0) is 30.7 Å². The summed E-state index contributed by atoms with van der Waals surface area (Å²) in [5.41, 5.74) is -1.14. The number of rotatable bonds is 9. The predicted molar refractivity (Wildman–Crippen MR) is 123 cm³/mol. The third-order valence-electron chi connectivity index (χ3n) is 4.62. The number of carbonyl (C=O) groups is 3. The number of carboxylic acids is 1. The number of anilines is 2. The van der Waals surface area contributed by atoms with Crippen molar-refractivity contribution in [2.45, 2.75) is 6.42 Å². The second-order valence-electron chi connectivity index (χ2n) is 6.65. The van der Waals surface area contributed by atoms with Crippen molar-refractivity contribution in [3.63, 3.8) is 0 Å². The summed E-state index contributed by atoms with van der Waals surface area (Å²) in [4.78, 5) is 54.0. The molecule has 0 bridgehead atoms. The Hall–Kier alpha value is -4.46. The Morgan fingerprint density at radius 3 is 2.14 bits per heavy atom. The minimum Gasteiger partial charge on any atom is -0.490 e. The summed E-state index contributed by atoms with van der Waals surface area (Å²) >= 11 is 5.52. The smallest absolute Gasteiger partial charge is 0.338 e. The lowest BCUT2D eigenvalue weighted by Crippen LogP contribution is -2.12. The minimum atomic E-state index is -1.25. The largest absolute Gasteiger partial charge is 0.490 e. The van der Waals surface area contributed by atoms with Crippen LogP contribution in [0.1, 0.15) is 27.1 Å². The first-order chi connectivity index (χ1) is 16.6. The maximum absolute atomic E-state index is 11.3. The summed E-state index contributed by atoms with van der Waals surface area (Å²) in [5.74, 6) is -2.53. The second kappa shape index (κ2) is 11.6. The van der Waals surface area contributed by atoms with E-state index < -0.39 is 38.9 Å². The Bertz CT molecular complexity index is 1200. The molecular formula is C20H19ClN4O10. The van der Waals surface area contributed by atoms with E-state index in [-0.39, 0.29) is 34.0 Å². The molecular weight excluding hydrogens is 492 g/mol. The van der Waals surface area contributed by atoms with Gasteiger partial charge >= 0.3 is 17.3 Å². The van der Waals surface area contributed by atoms with E-state index in [0.29, 0.717) is 18.8 Å². The fraction of sp³-hybridized carbons (Fsp3) is 0.250. The highest BCUT2D eigenvalue weighted by molar-refractivity contribution is 6.52. The molecule has 3 rings (SSSR count). The number of halogens is 1. The van der Waals surface area contributed by atoms with Crippen molar-refractivity contribution >= 4 is 52.0 Å². The Kier molecular flexibility index (Phi) is 8.88. The van der Waals surface area contributed by atoms with E-state index in [0.717, 1.165) is 0 Å². The number of amides is 1. The van der Waals surface area contributed by atoms with Crippen molar-refractivity contribution in [1.29, 1.82) is 0 Å². The SMILES string of the molecule is COc1ccc(C(=O)O)c(NCCCCl)c1[N+](=O)[O-].COc1ccc2c(c1[N+](=O)[O-])NC(=O)C2=O. The topological polar surface area (TPSA) is 200 Å². The highest BCUT2D eigenvalue weighted by Crippen LogP contribution is 2.40. The molecule has 1 amide bonds. The molecule has 1 heterocycles. The van der Waals surface area contributed by atoms with Gasteiger partial charge in [-0.1, -0.05) is 0 Å². The average molecular weight is 511 g/mol. The predicted octanol–water partition coefficient (Wildman–Crippen LogP) is 3.08. The maximum Gasteiger partial charge on any atom is 0.338 e. The number of ketones is 1. The molecule has 0 saturated heterocycles. The number of hydrogen-bond donors (Lipinski definition) is 3. The van der Waals surface area contributed by atoms with Crippen molar-refractivity contribution in [2.75, 3.05) is 37.3 Å². The molecule has 0 radical (unpaired) electrons. The Balaban J connectivity index is 0.000000250. The number of ether oxygens (including phenoxy) is 2. The summed E-state index contributed by atoms with van der Waals surface area (Å²) in [5, 5.41) is 35.8. The van der Waals surface area contributed by atoms with Crippen LogP contribution in [0.3, 0.4) is 0 Å². The van der Waals surface area contributed by atoms with Gasteiger partial charge in [0.2, 0.25) is 0 Å². The van der Waals surface area contributed by atoms with Crippen LogP contribution >= 0.6 is 11.6 Å². The van der Waals surface area contributed by atoms with Crippen molar-refractivity contribution in [1.82, 2.24) is 0 Å². The van der Waals surface area contributed by atoms with Crippen molar-refractivity contribution < 1.29 is 38.8 Å². The molecule has 2 aromatic carbocycles. The highest BCUT2D eigenvalue weighted by Gasteiger charge is 2.36. The van der Waals surface area contributed by atoms with Gasteiger partial charge in [0.1, 0.15) is 11.4 Å². The minimum absolute atomic E-state index is 0.00116. The molecule has 14 nitrogen and oxygen atoms in total. The number of fused-ring (bicyclic) bond motifs is 1. The van der Waals surface area contributed by atoms with Crippen molar-refractivity contribution in [3.8, 4) is 11.5 Å². The number of nitro groups is 2. The van der Waals surface area contributed by atoms with Crippen molar-refractivity contribution in [2.24, 2.45) is 0 Å². The van der Waals surface area contributed by atoms with Crippen LogP contribution in [0.5, 0.6) is 11.5 Å². The first-order valence-corrected chi connectivity index (χ1v) is 10.2. The van der Waals surface area contributed by atoms with Crippen LogP contribution in [0.25, 0.3) is 0 Å². The van der Waals surface area contributed by atoms with E-state index in [1.165, 1.54) is 38.5 Å². The third-order valence-corrected chi connectivity index (χ3v) is 4.89. The molecule has 0 spiro atoms. The normalized spacial score (nSPS) is 11.5. The highest BCUT2D eigenvalue weighted by atomic mass is 35.5. The number of nitro benzene ring substituents is 2. The fourth-order valence-electron chi connectivity index (χ4n) is 3.08. The average Bonchev–Trinajstić information content (AvgIpc) is 3.11. The van der Waals surface area contributed by atoms with Crippen LogP contribution in [-0.4, -0.2) is 59.3 Å². The van der Waals surface area contributed by atoms with E-state index in [1.807, 2.05) is 0 Å². The molecule has 186 valence electrons. The number of nitrogens with one attached hydrogen (secondary N) is 2. The fourth-order valence-corrected chi connectivity index (χ4v) is 3.22. The van der Waals surface area contributed by atoms with Crippen molar-refractivity contribution in [3.05, 3.63) is 55.6 Å². The van der Waals surface area contributed by atoms with E-state index in [2.05, 4.69) is 10.6 Å². The molecule has 0 saturated carbocycles. The number of carbonyl (C=O) groups excluding carboxylic acids is 2. The molecule has 15 heteroatoms. The summed E-state index contributed by atoms with van der Waals surface area (Å²) in [7, 11) is 2.55. The number of alkyl halides is 1. The van der Waals surface area contributed by atoms with Gasteiger partial charge in [-0.15, -0.1) is 11.6 Å². The molecule has 0 fully saturated rings. The maximum atomic E-state index is 11.3. The summed E-state index contributed by atoms with van der Waals surface area (Å²) in [6.45, 7) is 0.331. The zero-order valence-electron chi connectivity index (χ0n) is 18.3. The summed E-state index contributed by atoms with van der Waals surface area (Å²) in [6.07, 6.45) is 0.551. The second-order valence-corrected chi connectivity index (χ2v) is 7.03. The monoisotopic (exact) mass is 510 g/mol. The number of Topliss-reactive ketones (excluding diaryl/α,β-unsaturated/α-hetero) is 1. The number of nitrogens with zero attached hydrogens (tertiary/aromatic N) is 2. The molecule has 3 N–H and O–H groups in total. The van der Waals surface area contributed by atoms with E-state index in [9.17, 15) is 34.6 Å². The van der Waals surface area contributed by atoms with Crippen LogP contribution in [0.15, 0.2) is 24.3 Å². The summed E-state index contributed by atoms with van der Waals surface area (Å²) in [6, 6.07) is 5.13. The number of methoxy groups -OCH3 is 2. The lowest BCUT2D eigenvalue weighted by molar-refractivity contribution is -0.384. The lowest BCUT2D eigenvalue weighted by atomic mass is 10.1. The zero-order valence-corrected chi connectivity index (χ0v) is 19.1. The third kappa shape index (κ3) is 5.73. The van der Waals surface area contributed by atoms with Gasteiger partial charge in [0, 0.05) is 12.4 Å². The van der Waals surface area contributed by atoms with Gasteiger partial charge in [0.05, 0.1) is 35.2 Å². The van der Waals surface area contributed by atoms with Gasteiger partial charge in [-0.25, -0.2) is 4.79 Å². The van der Waals surface area contributed by atoms with E-state index in [1.54, 1.807) is 0 Å². The molecule has 0 aromatic heterocycles. The number of aromatic carboxylic acids is 1.